The monoisotopic (exact) mass is 454 g/mol. The number of carbonyl (C=O) groups is 1. The highest BCUT2D eigenvalue weighted by atomic mass is 16.4. The summed E-state index contributed by atoms with van der Waals surface area (Å²) in [6, 6.07) is 20.9. The molecular formula is C27H50O5. The Morgan fingerprint density at radius 2 is 1.03 bits per heavy atom. The van der Waals surface area contributed by atoms with E-state index in [0.29, 0.717) is 6.42 Å². The van der Waals surface area contributed by atoms with E-state index in [1.807, 2.05) is 19.1 Å². The van der Waals surface area contributed by atoms with Crippen molar-refractivity contribution in [1.82, 2.24) is 0 Å². The summed E-state index contributed by atoms with van der Waals surface area (Å²) < 4.78 is 0. The third-order valence-electron chi connectivity index (χ3n) is 3.49. The van der Waals surface area contributed by atoms with Crippen LogP contribution in [0.4, 0.5) is 0 Å². The van der Waals surface area contributed by atoms with E-state index in [9.17, 15) is 4.79 Å². The highest BCUT2D eigenvalue weighted by molar-refractivity contribution is 5.66. The Kier molecular flexibility index (Phi) is 42.0. The van der Waals surface area contributed by atoms with Gasteiger partial charge in [0, 0.05) is 13.0 Å². The lowest BCUT2D eigenvalue weighted by molar-refractivity contribution is -0.136. The summed E-state index contributed by atoms with van der Waals surface area (Å²) in [4.78, 5) is 9.37. The zero-order chi connectivity index (χ0) is 23.6. The third-order valence-corrected chi connectivity index (χ3v) is 3.49. The summed E-state index contributed by atoms with van der Waals surface area (Å²) in [7, 11) is 0. The van der Waals surface area contributed by atoms with Crippen LogP contribution in [0.2, 0.25) is 0 Å². The van der Waals surface area contributed by atoms with Crippen molar-refractivity contribution in [1.29, 1.82) is 0 Å². The first-order valence-corrected chi connectivity index (χ1v) is 10.6. The maximum absolute atomic E-state index is 9.37. The fourth-order valence-electron chi connectivity index (χ4n) is 1.56. The van der Waals surface area contributed by atoms with Gasteiger partial charge >= 0.3 is 5.97 Å². The molecule has 2 aromatic rings. The van der Waals surface area contributed by atoms with Gasteiger partial charge in [-0.05, 0) is 37.3 Å². The number of hydrogen-bond acceptors (Lipinski definition) is 4. The maximum atomic E-state index is 9.37. The fourth-order valence-corrected chi connectivity index (χ4v) is 1.56. The van der Waals surface area contributed by atoms with Gasteiger partial charge in [-0.15, -0.1) is 0 Å². The van der Waals surface area contributed by atoms with Crippen LogP contribution in [-0.2, 0) is 17.6 Å². The van der Waals surface area contributed by atoms with Crippen LogP contribution in [0.25, 0.3) is 0 Å². The van der Waals surface area contributed by atoms with Crippen molar-refractivity contribution in [3.63, 3.8) is 0 Å². The first-order valence-electron chi connectivity index (χ1n) is 10.6. The molecule has 0 aromatic heterocycles. The van der Waals surface area contributed by atoms with Gasteiger partial charge in [-0.2, -0.15) is 0 Å². The number of aliphatic hydroxyl groups is 3. The highest BCUT2D eigenvalue weighted by Gasteiger charge is 1.92. The van der Waals surface area contributed by atoms with Crippen molar-refractivity contribution in [2.24, 2.45) is 0 Å². The minimum atomic E-state index is -0.745. The average Bonchev–Trinajstić information content (AvgIpc) is 2.81. The number of aliphatic hydroxyl groups excluding tert-OH is 3. The van der Waals surface area contributed by atoms with Gasteiger partial charge in [-0.25, -0.2) is 0 Å². The van der Waals surface area contributed by atoms with E-state index in [0.717, 1.165) is 12.8 Å². The second-order valence-electron chi connectivity index (χ2n) is 5.99. The van der Waals surface area contributed by atoms with Crippen molar-refractivity contribution in [2.45, 2.75) is 81.3 Å². The van der Waals surface area contributed by atoms with Gasteiger partial charge in [-0.3, -0.25) is 4.79 Å². The Balaban J connectivity index is -0.0000000968. The predicted molar refractivity (Wildman–Crippen MR) is 139 cm³/mol. The normalized spacial score (nSPS) is 9.00. The van der Waals surface area contributed by atoms with Crippen LogP contribution in [0.3, 0.4) is 0 Å². The molecule has 4 N–H and O–H groups in total. The quantitative estimate of drug-likeness (QED) is 0.444. The summed E-state index contributed by atoms with van der Waals surface area (Å²) in [5, 5.41) is 31.8. The molecule has 0 radical (unpaired) electrons. The molecule has 0 saturated heterocycles. The van der Waals surface area contributed by atoms with E-state index in [1.54, 1.807) is 13.8 Å². The van der Waals surface area contributed by atoms with E-state index in [1.165, 1.54) is 11.1 Å². The van der Waals surface area contributed by atoms with Gasteiger partial charge in [0.1, 0.15) is 0 Å². The van der Waals surface area contributed by atoms with Gasteiger partial charge in [0.15, 0.2) is 0 Å². The molecule has 0 aliphatic heterocycles. The lowest BCUT2D eigenvalue weighted by atomic mass is 10.2. The molecule has 0 heterocycles. The van der Waals surface area contributed by atoms with Gasteiger partial charge in [0.05, 0.1) is 12.7 Å². The van der Waals surface area contributed by atoms with Gasteiger partial charge in [0.2, 0.25) is 0 Å². The zero-order valence-corrected chi connectivity index (χ0v) is 19.3. The topological polar surface area (TPSA) is 98.0 Å². The molecule has 32 heavy (non-hydrogen) atoms. The fraction of sp³-hybridized carbons (Fsp3) is 0.519. The molecule has 5 heteroatoms. The van der Waals surface area contributed by atoms with Crippen LogP contribution in [0.5, 0.6) is 0 Å². The predicted octanol–water partition coefficient (Wildman–Crippen LogP) is 6.00. The van der Waals surface area contributed by atoms with Crippen LogP contribution < -0.4 is 0 Å². The molecule has 0 bridgehead atoms. The molecule has 2 aromatic carbocycles. The van der Waals surface area contributed by atoms with E-state index >= 15 is 0 Å². The molecule has 0 amide bonds. The van der Waals surface area contributed by atoms with Crippen molar-refractivity contribution in [3.05, 3.63) is 71.8 Å². The standard InChI is InChI=1S/2C8H10.C4H10O2.C3H6O2.C2H6O.2CH4/c2*1-2-8-6-4-3-5-7-8;1-2-4(6)3-5;1-2-3(4)5;1-2-3;;/h2*3-7H,2H2,1H3;4-6H,2-3H2,1H3;2H2,1H3,(H,4,5);3H,2H2,1H3;2*1H4. The van der Waals surface area contributed by atoms with E-state index in [-0.39, 0.29) is 34.5 Å². The van der Waals surface area contributed by atoms with Gasteiger partial charge < -0.3 is 20.4 Å². The second kappa shape index (κ2) is 33.4. The summed E-state index contributed by atoms with van der Waals surface area (Å²) in [6.45, 7) is 9.56. The maximum Gasteiger partial charge on any atom is 0.303 e. The molecule has 1 unspecified atom stereocenters. The summed E-state index contributed by atoms with van der Waals surface area (Å²) >= 11 is 0. The average molecular weight is 455 g/mol. The van der Waals surface area contributed by atoms with Crippen LogP contribution >= 0.6 is 0 Å². The number of carboxylic acids is 1. The lowest BCUT2D eigenvalue weighted by Gasteiger charge is -1.97. The lowest BCUT2D eigenvalue weighted by Crippen LogP contribution is -2.08. The highest BCUT2D eigenvalue weighted by Crippen LogP contribution is 1.97. The number of aliphatic carboxylic acids is 1. The van der Waals surface area contributed by atoms with E-state index < -0.39 is 12.1 Å². The third kappa shape index (κ3) is 35.2. The van der Waals surface area contributed by atoms with E-state index in [2.05, 4.69) is 62.4 Å². The number of benzene rings is 2. The number of aryl methyl sites for hydroxylation is 2. The Hall–Kier alpha value is -2.21. The van der Waals surface area contributed by atoms with Gasteiger partial charge in [0.25, 0.3) is 0 Å². The van der Waals surface area contributed by atoms with Crippen LogP contribution in [0, 0.1) is 0 Å². The molecular weight excluding hydrogens is 404 g/mol. The van der Waals surface area contributed by atoms with Crippen LogP contribution in [0.15, 0.2) is 60.7 Å². The molecule has 5 nitrogen and oxygen atoms in total. The largest absolute Gasteiger partial charge is 0.481 e. The van der Waals surface area contributed by atoms with Crippen molar-refractivity contribution < 1.29 is 25.2 Å². The van der Waals surface area contributed by atoms with E-state index in [4.69, 9.17) is 20.4 Å². The molecule has 2 rings (SSSR count). The first-order chi connectivity index (χ1) is 14.4. The van der Waals surface area contributed by atoms with Gasteiger partial charge in [-0.1, -0.05) is 103 Å². The molecule has 0 spiro atoms. The Bertz CT molecular complexity index is 515. The molecule has 0 saturated carbocycles. The Morgan fingerprint density at radius 1 is 0.750 bits per heavy atom. The number of rotatable bonds is 5. The number of carboxylic acid groups (broad SMARTS) is 1. The van der Waals surface area contributed by atoms with Crippen LogP contribution in [-0.4, -0.2) is 45.7 Å². The number of hydrogen-bond donors (Lipinski definition) is 4. The molecule has 1 atom stereocenters. The molecule has 0 aliphatic carbocycles. The summed E-state index contributed by atoms with van der Waals surface area (Å²) in [5.41, 5.74) is 2.82. The van der Waals surface area contributed by atoms with Crippen molar-refractivity contribution in [3.8, 4) is 0 Å². The smallest absolute Gasteiger partial charge is 0.303 e. The Labute approximate surface area is 197 Å². The minimum absolute atomic E-state index is 0. The van der Waals surface area contributed by atoms with Crippen LogP contribution in [0.1, 0.15) is 73.4 Å². The summed E-state index contributed by atoms with van der Waals surface area (Å²) in [6.07, 6.45) is 2.63. The second-order valence-corrected chi connectivity index (χ2v) is 5.99. The van der Waals surface area contributed by atoms with Crippen molar-refractivity contribution in [2.75, 3.05) is 13.2 Å². The molecule has 0 fully saturated rings. The summed E-state index contributed by atoms with van der Waals surface area (Å²) in [5.74, 6) is -0.745. The first kappa shape index (κ1) is 40.2. The Morgan fingerprint density at radius 3 is 1.12 bits per heavy atom. The van der Waals surface area contributed by atoms with Crippen molar-refractivity contribution >= 4 is 5.97 Å². The minimum Gasteiger partial charge on any atom is -0.481 e. The SMILES string of the molecule is C.C.CCC(=O)O.CCC(O)CO.CCO.CCc1ccccc1.CCc1ccccc1. The molecule has 188 valence electrons. The zero-order valence-electron chi connectivity index (χ0n) is 19.3. The molecule has 0 aliphatic rings.